The highest BCUT2D eigenvalue weighted by atomic mass is 35.5. The molecule has 0 aliphatic rings. The molecule has 0 radical (unpaired) electrons. The zero-order valence-corrected chi connectivity index (χ0v) is 6.89. The van der Waals surface area contributed by atoms with Crippen LogP contribution in [0.25, 0.3) is 0 Å². The Kier molecular flexibility index (Phi) is 3.54. The molecule has 0 atom stereocenters. The molecule has 4 heteroatoms. The van der Waals surface area contributed by atoms with Crippen LogP contribution in [0.5, 0.6) is 0 Å². The highest BCUT2D eigenvalue weighted by molar-refractivity contribution is 5.90. The Bertz CT molecular complexity index is 262. The van der Waals surface area contributed by atoms with Crippen LogP contribution in [0.4, 0.5) is 0 Å². The number of primary amides is 1. The van der Waals surface area contributed by atoms with Gasteiger partial charge in [-0.3, -0.25) is 9.78 Å². The van der Waals surface area contributed by atoms with Crippen molar-refractivity contribution in [1.82, 2.24) is 4.98 Å². The van der Waals surface area contributed by atoms with Gasteiger partial charge in [-0.15, -0.1) is 12.4 Å². The summed E-state index contributed by atoms with van der Waals surface area (Å²) in [7, 11) is 0. The van der Waals surface area contributed by atoms with E-state index in [0.717, 1.165) is 5.56 Å². The first-order chi connectivity index (χ1) is 4.70. The fourth-order valence-electron chi connectivity index (χ4n) is 0.671. The number of amides is 1. The second-order valence-electron chi connectivity index (χ2n) is 2.08. The van der Waals surface area contributed by atoms with E-state index in [0.29, 0.717) is 5.69 Å². The maximum absolute atomic E-state index is 10.5. The Morgan fingerprint density at radius 3 is 2.64 bits per heavy atom. The van der Waals surface area contributed by atoms with Crippen LogP contribution >= 0.6 is 12.4 Å². The molecular weight excluding hydrogens is 164 g/mol. The van der Waals surface area contributed by atoms with Gasteiger partial charge in [-0.2, -0.15) is 0 Å². The van der Waals surface area contributed by atoms with Crippen molar-refractivity contribution in [3.63, 3.8) is 0 Å². The van der Waals surface area contributed by atoms with Gasteiger partial charge >= 0.3 is 0 Å². The van der Waals surface area contributed by atoms with Crippen molar-refractivity contribution in [3.8, 4) is 0 Å². The summed E-state index contributed by atoms with van der Waals surface area (Å²) in [4.78, 5) is 14.3. The molecular formula is C7H9ClN2O. The van der Waals surface area contributed by atoms with Crippen molar-refractivity contribution in [2.45, 2.75) is 6.92 Å². The van der Waals surface area contributed by atoms with Crippen LogP contribution in [0.2, 0.25) is 0 Å². The highest BCUT2D eigenvalue weighted by Gasteiger charge is 1.98. The lowest BCUT2D eigenvalue weighted by Gasteiger charge is -1.93. The SMILES string of the molecule is Cc1ccnc(C(N)=O)c1.Cl. The maximum atomic E-state index is 10.5. The smallest absolute Gasteiger partial charge is 0.267 e. The third-order valence-electron chi connectivity index (χ3n) is 1.17. The molecule has 11 heavy (non-hydrogen) atoms. The topological polar surface area (TPSA) is 56.0 Å². The van der Waals surface area contributed by atoms with E-state index in [1.54, 1.807) is 12.3 Å². The maximum Gasteiger partial charge on any atom is 0.267 e. The van der Waals surface area contributed by atoms with E-state index < -0.39 is 5.91 Å². The zero-order chi connectivity index (χ0) is 7.56. The Hall–Kier alpha value is -1.09. The predicted molar refractivity (Wildman–Crippen MR) is 44.7 cm³/mol. The molecule has 2 N–H and O–H groups in total. The van der Waals surface area contributed by atoms with Gasteiger partial charge in [0.1, 0.15) is 5.69 Å². The summed E-state index contributed by atoms with van der Waals surface area (Å²) < 4.78 is 0. The molecule has 1 amide bonds. The van der Waals surface area contributed by atoms with E-state index in [2.05, 4.69) is 4.98 Å². The van der Waals surface area contributed by atoms with Crippen molar-refractivity contribution < 1.29 is 4.79 Å². The molecule has 0 saturated heterocycles. The first kappa shape index (κ1) is 9.91. The van der Waals surface area contributed by atoms with Crippen molar-refractivity contribution in [2.24, 2.45) is 5.73 Å². The van der Waals surface area contributed by atoms with E-state index in [1.165, 1.54) is 0 Å². The van der Waals surface area contributed by atoms with Gasteiger partial charge in [0.25, 0.3) is 5.91 Å². The van der Waals surface area contributed by atoms with Gasteiger partial charge in [0.05, 0.1) is 0 Å². The number of aromatic nitrogens is 1. The van der Waals surface area contributed by atoms with Gasteiger partial charge in [-0.05, 0) is 24.6 Å². The lowest BCUT2D eigenvalue weighted by molar-refractivity contribution is 0.0995. The largest absolute Gasteiger partial charge is 0.364 e. The molecule has 1 heterocycles. The van der Waals surface area contributed by atoms with E-state index in [9.17, 15) is 4.79 Å². The first-order valence-electron chi connectivity index (χ1n) is 2.92. The molecule has 0 saturated carbocycles. The number of hydrogen-bond donors (Lipinski definition) is 1. The highest BCUT2D eigenvalue weighted by Crippen LogP contribution is 1.97. The van der Waals surface area contributed by atoms with Crippen LogP contribution in [0.1, 0.15) is 16.1 Å². The zero-order valence-electron chi connectivity index (χ0n) is 6.07. The van der Waals surface area contributed by atoms with Crippen LogP contribution in [0.15, 0.2) is 18.3 Å². The standard InChI is InChI=1S/C7H8N2O.ClH/c1-5-2-3-9-6(4-5)7(8)10;/h2-4H,1H3,(H2,8,10);1H. The van der Waals surface area contributed by atoms with Crippen molar-refractivity contribution in [2.75, 3.05) is 0 Å². The van der Waals surface area contributed by atoms with E-state index in [4.69, 9.17) is 5.73 Å². The van der Waals surface area contributed by atoms with Crippen molar-refractivity contribution in [1.29, 1.82) is 0 Å². The molecule has 0 aromatic carbocycles. The second kappa shape index (κ2) is 3.93. The summed E-state index contributed by atoms with van der Waals surface area (Å²) in [6.07, 6.45) is 1.56. The number of halogens is 1. The quantitative estimate of drug-likeness (QED) is 0.685. The summed E-state index contributed by atoms with van der Waals surface area (Å²) in [6, 6.07) is 3.47. The number of rotatable bonds is 1. The lowest BCUT2D eigenvalue weighted by Crippen LogP contribution is -2.12. The summed E-state index contributed by atoms with van der Waals surface area (Å²) >= 11 is 0. The minimum atomic E-state index is -0.483. The Morgan fingerprint density at radius 2 is 2.27 bits per heavy atom. The average molecular weight is 173 g/mol. The van der Waals surface area contributed by atoms with Crippen LogP contribution < -0.4 is 5.73 Å². The summed E-state index contributed by atoms with van der Waals surface area (Å²) in [6.45, 7) is 1.88. The summed E-state index contributed by atoms with van der Waals surface area (Å²) in [5.41, 5.74) is 6.29. The van der Waals surface area contributed by atoms with E-state index in [-0.39, 0.29) is 12.4 Å². The van der Waals surface area contributed by atoms with Crippen LogP contribution in [-0.4, -0.2) is 10.9 Å². The molecule has 0 fully saturated rings. The summed E-state index contributed by atoms with van der Waals surface area (Å²) in [5.74, 6) is -0.483. The Morgan fingerprint density at radius 1 is 1.64 bits per heavy atom. The molecule has 1 rings (SSSR count). The molecule has 0 spiro atoms. The number of nitrogens with two attached hydrogens (primary N) is 1. The van der Waals surface area contributed by atoms with Gasteiger partial charge in [-0.1, -0.05) is 0 Å². The van der Waals surface area contributed by atoms with Crippen LogP contribution in [-0.2, 0) is 0 Å². The molecule has 3 nitrogen and oxygen atoms in total. The predicted octanol–water partition coefficient (Wildman–Crippen LogP) is 0.911. The van der Waals surface area contributed by atoms with Crippen molar-refractivity contribution >= 4 is 18.3 Å². The van der Waals surface area contributed by atoms with E-state index in [1.807, 2.05) is 13.0 Å². The minimum absolute atomic E-state index is 0. The van der Waals surface area contributed by atoms with E-state index >= 15 is 0 Å². The van der Waals surface area contributed by atoms with Crippen molar-refractivity contribution in [3.05, 3.63) is 29.6 Å². The van der Waals surface area contributed by atoms with Crippen LogP contribution in [0.3, 0.4) is 0 Å². The fourth-order valence-corrected chi connectivity index (χ4v) is 0.671. The van der Waals surface area contributed by atoms with Gasteiger partial charge in [0.15, 0.2) is 0 Å². The number of carbonyl (C=O) groups is 1. The average Bonchev–Trinajstić information content (AvgIpc) is 1.88. The number of hydrogen-bond acceptors (Lipinski definition) is 2. The summed E-state index contributed by atoms with van der Waals surface area (Å²) in [5, 5.41) is 0. The molecule has 1 aromatic rings. The fraction of sp³-hybridized carbons (Fsp3) is 0.143. The third kappa shape index (κ3) is 2.55. The monoisotopic (exact) mass is 172 g/mol. The Labute approximate surface area is 71.0 Å². The second-order valence-corrected chi connectivity index (χ2v) is 2.08. The molecule has 0 unspecified atom stereocenters. The third-order valence-corrected chi connectivity index (χ3v) is 1.17. The molecule has 0 bridgehead atoms. The normalized spacial score (nSPS) is 8.45. The number of nitrogens with zero attached hydrogens (tertiary/aromatic N) is 1. The minimum Gasteiger partial charge on any atom is -0.364 e. The molecule has 60 valence electrons. The van der Waals surface area contributed by atoms with Gasteiger partial charge in [-0.25, -0.2) is 0 Å². The van der Waals surface area contributed by atoms with Crippen LogP contribution in [0, 0.1) is 6.92 Å². The van der Waals surface area contributed by atoms with Gasteiger partial charge in [0, 0.05) is 6.20 Å². The Balaban J connectivity index is 0.000001000. The van der Waals surface area contributed by atoms with Gasteiger partial charge in [0.2, 0.25) is 0 Å². The van der Waals surface area contributed by atoms with Gasteiger partial charge < -0.3 is 5.73 Å². The number of aryl methyl sites for hydroxylation is 1. The molecule has 1 aromatic heterocycles. The molecule has 0 aliphatic heterocycles. The number of carbonyl (C=O) groups excluding carboxylic acids is 1. The lowest BCUT2D eigenvalue weighted by atomic mass is 10.2. The molecule has 0 aliphatic carbocycles. The number of pyridine rings is 1. The first-order valence-corrected chi connectivity index (χ1v) is 2.92.